The first-order valence-electron chi connectivity index (χ1n) is 7.74. The van der Waals surface area contributed by atoms with Crippen molar-refractivity contribution in [3.63, 3.8) is 0 Å². The van der Waals surface area contributed by atoms with E-state index in [2.05, 4.69) is 53.5 Å². The Morgan fingerprint density at radius 1 is 1.30 bits per heavy atom. The molecule has 1 fully saturated rings. The van der Waals surface area contributed by atoms with Crippen LogP contribution in [0.25, 0.3) is 0 Å². The van der Waals surface area contributed by atoms with Crippen LogP contribution in [-0.4, -0.2) is 17.3 Å². The monoisotopic (exact) mass is 306 g/mol. The smallest absolute Gasteiger partial charge is 0.228 e. The normalized spacial score (nSPS) is 25.8. The number of nitrogens with zero attached hydrogens (tertiary/aromatic N) is 4. The second kappa shape index (κ2) is 4.59. The molecule has 6 heteroatoms. The van der Waals surface area contributed by atoms with Gasteiger partial charge in [-0.3, -0.25) is 0 Å². The molecule has 2 aliphatic heterocycles. The zero-order chi connectivity index (χ0) is 16.2. The largest absolute Gasteiger partial charge is 0.383 e. The van der Waals surface area contributed by atoms with E-state index < -0.39 is 5.54 Å². The number of guanidine groups is 1. The predicted molar refractivity (Wildman–Crippen MR) is 88.0 cm³/mol. The Morgan fingerprint density at radius 2 is 2.00 bits per heavy atom. The minimum atomic E-state index is -0.660. The van der Waals surface area contributed by atoms with Crippen molar-refractivity contribution in [2.45, 2.75) is 32.2 Å². The minimum absolute atomic E-state index is 0.280. The fourth-order valence-electron chi connectivity index (χ4n) is 3.79. The number of hydrogen-bond acceptors (Lipinski definition) is 6. The Labute approximate surface area is 135 Å². The number of rotatable bonds is 2. The van der Waals surface area contributed by atoms with Gasteiger partial charge in [-0.15, -0.1) is 0 Å². The van der Waals surface area contributed by atoms with Crippen molar-refractivity contribution >= 4 is 12.3 Å². The van der Waals surface area contributed by atoms with Gasteiger partial charge in [0.05, 0.1) is 0 Å². The fraction of sp³-hybridized carbons (Fsp3) is 0.353. The molecule has 4 rings (SSSR count). The first kappa shape index (κ1) is 13.8. The highest BCUT2D eigenvalue weighted by atomic mass is 15.6. The second-order valence-corrected chi connectivity index (χ2v) is 6.43. The summed E-state index contributed by atoms with van der Waals surface area (Å²) in [6.07, 6.45) is 3.70. The van der Waals surface area contributed by atoms with Crippen molar-refractivity contribution in [3.05, 3.63) is 46.3 Å². The average Bonchev–Trinajstić information content (AvgIpc) is 3.23. The first-order chi connectivity index (χ1) is 11.1. The van der Waals surface area contributed by atoms with Crippen molar-refractivity contribution in [1.29, 1.82) is 5.26 Å². The van der Waals surface area contributed by atoms with Crippen molar-refractivity contribution < 1.29 is 0 Å². The molecule has 1 aromatic carbocycles. The maximum Gasteiger partial charge on any atom is 0.228 e. The molecule has 1 unspecified atom stereocenters. The molecule has 2 heterocycles. The van der Waals surface area contributed by atoms with Crippen LogP contribution in [0.5, 0.6) is 0 Å². The molecule has 1 saturated carbocycles. The van der Waals surface area contributed by atoms with Crippen LogP contribution in [0.15, 0.2) is 39.7 Å². The topological polar surface area (TPSA) is 89.8 Å². The van der Waals surface area contributed by atoms with Crippen LogP contribution in [0.2, 0.25) is 0 Å². The van der Waals surface area contributed by atoms with E-state index in [1.807, 2.05) is 5.01 Å². The number of nitrogens with one attached hydrogen (secondary N) is 1. The van der Waals surface area contributed by atoms with E-state index >= 15 is 0 Å². The summed E-state index contributed by atoms with van der Waals surface area (Å²) in [6.45, 7) is 4.14. The lowest BCUT2D eigenvalue weighted by molar-refractivity contribution is 0.191. The van der Waals surface area contributed by atoms with Gasteiger partial charge >= 0.3 is 0 Å². The van der Waals surface area contributed by atoms with Gasteiger partial charge in [-0.25, -0.2) is 5.01 Å². The minimum Gasteiger partial charge on any atom is -0.383 e. The molecule has 1 aliphatic carbocycles. The maximum absolute atomic E-state index is 9.84. The molecule has 0 aromatic heterocycles. The molecule has 0 spiro atoms. The van der Waals surface area contributed by atoms with Crippen LogP contribution in [0.3, 0.4) is 0 Å². The highest BCUT2D eigenvalue weighted by molar-refractivity contribution is 5.96. The van der Waals surface area contributed by atoms with E-state index in [-0.39, 0.29) is 5.82 Å². The Morgan fingerprint density at radius 3 is 2.61 bits per heavy atom. The summed E-state index contributed by atoms with van der Waals surface area (Å²) >= 11 is 0. The van der Waals surface area contributed by atoms with Crippen LogP contribution in [0.4, 0.5) is 0 Å². The molecular weight excluding hydrogens is 288 g/mol. The van der Waals surface area contributed by atoms with Gasteiger partial charge < -0.3 is 11.1 Å². The highest BCUT2D eigenvalue weighted by Gasteiger charge is 2.58. The quantitative estimate of drug-likeness (QED) is 0.872. The number of fused-ring (bicyclic) bond motifs is 1. The Hall–Kier alpha value is -2.81. The summed E-state index contributed by atoms with van der Waals surface area (Å²) in [5.41, 5.74) is 9.37. The molecule has 1 aromatic rings. The van der Waals surface area contributed by atoms with Crippen LogP contribution >= 0.6 is 0 Å². The Bertz CT molecular complexity index is 804. The van der Waals surface area contributed by atoms with Gasteiger partial charge in [-0.05, 0) is 38.2 Å². The number of benzene rings is 1. The number of hydrazone groups is 1. The molecule has 3 N–H and O–H groups in total. The van der Waals surface area contributed by atoms with E-state index in [1.165, 1.54) is 0 Å². The summed E-state index contributed by atoms with van der Waals surface area (Å²) in [6, 6.07) is 8.72. The number of nitrogens with two attached hydrogens (primary N) is 1. The van der Waals surface area contributed by atoms with Gasteiger partial charge in [-0.2, -0.15) is 15.4 Å². The van der Waals surface area contributed by atoms with Crippen LogP contribution < -0.4 is 11.1 Å². The van der Waals surface area contributed by atoms with Crippen LogP contribution in [0, 0.1) is 31.1 Å². The maximum atomic E-state index is 9.84. The van der Waals surface area contributed by atoms with Crippen molar-refractivity contribution in [2.75, 3.05) is 0 Å². The van der Waals surface area contributed by atoms with Gasteiger partial charge in [0.2, 0.25) is 5.96 Å². The van der Waals surface area contributed by atoms with E-state index in [9.17, 15) is 5.26 Å². The highest BCUT2D eigenvalue weighted by Crippen LogP contribution is 2.55. The lowest BCUT2D eigenvalue weighted by Gasteiger charge is -2.43. The molecule has 1 atom stereocenters. The predicted octanol–water partition coefficient (Wildman–Crippen LogP) is 1.82. The Balaban J connectivity index is 2.04. The molecule has 23 heavy (non-hydrogen) atoms. The molecule has 0 radical (unpaired) electrons. The first-order valence-corrected chi connectivity index (χ1v) is 7.74. The third-order valence-corrected chi connectivity index (χ3v) is 4.71. The van der Waals surface area contributed by atoms with Gasteiger partial charge in [0, 0.05) is 0 Å². The summed E-state index contributed by atoms with van der Waals surface area (Å²) < 4.78 is 0. The molecule has 6 nitrogen and oxygen atoms in total. The fourth-order valence-corrected chi connectivity index (χ4v) is 3.79. The third kappa shape index (κ3) is 1.80. The van der Waals surface area contributed by atoms with Gasteiger partial charge in [0.25, 0.3) is 0 Å². The van der Waals surface area contributed by atoms with Crippen molar-refractivity contribution in [2.24, 2.45) is 21.7 Å². The lowest BCUT2D eigenvalue weighted by atomic mass is 9.76. The zero-order valence-electron chi connectivity index (χ0n) is 13.2. The summed E-state index contributed by atoms with van der Waals surface area (Å²) in [7, 11) is 0. The van der Waals surface area contributed by atoms with Crippen LogP contribution in [0.1, 0.15) is 29.5 Å². The van der Waals surface area contributed by atoms with Gasteiger partial charge in [-0.1, -0.05) is 29.3 Å². The second-order valence-electron chi connectivity index (χ2n) is 6.43. The number of aliphatic imine (C=N–C) groups is 1. The van der Waals surface area contributed by atoms with E-state index in [0.29, 0.717) is 17.5 Å². The van der Waals surface area contributed by atoms with Gasteiger partial charge in [0.15, 0.2) is 0 Å². The standard InChI is InChI=1S/C17H18N6/c1-10-5-11(2)7-13(6-10)17(12-3-4-12)14(8-18)15(19)22-16-20-9-21-23(16)17/h5-7,9,12H,3-4,19H2,1-2H3,(H,20,21,22). The zero-order valence-corrected chi connectivity index (χ0v) is 13.2. The molecule has 116 valence electrons. The summed E-state index contributed by atoms with van der Waals surface area (Å²) in [5.74, 6) is 1.18. The van der Waals surface area contributed by atoms with Crippen molar-refractivity contribution in [1.82, 2.24) is 10.3 Å². The average molecular weight is 306 g/mol. The van der Waals surface area contributed by atoms with Gasteiger partial charge in [0.1, 0.15) is 29.3 Å². The lowest BCUT2D eigenvalue weighted by Crippen LogP contribution is -2.53. The Kier molecular flexibility index (Phi) is 2.76. The van der Waals surface area contributed by atoms with E-state index in [1.54, 1.807) is 6.34 Å². The number of hydrogen-bond donors (Lipinski definition) is 2. The SMILES string of the molecule is Cc1cc(C)cc(C2(C3CC3)C(C#N)=C(N)N=C3NC=NN32)c1. The summed E-state index contributed by atoms with van der Waals surface area (Å²) in [5, 5.41) is 19.2. The summed E-state index contributed by atoms with van der Waals surface area (Å²) in [4.78, 5) is 4.31. The number of nitriles is 1. The number of aryl methyl sites for hydroxylation is 2. The molecule has 0 bridgehead atoms. The molecule has 3 aliphatic rings. The molecule has 0 saturated heterocycles. The van der Waals surface area contributed by atoms with E-state index in [4.69, 9.17) is 5.73 Å². The third-order valence-electron chi connectivity index (χ3n) is 4.71. The molecular formula is C17H18N6. The van der Waals surface area contributed by atoms with Crippen molar-refractivity contribution in [3.8, 4) is 6.07 Å². The van der Waals surface area contributed by atoms with E-state index in [0.717, 1.165) is 29.5 Å². The molecule has 0 amide bonds. The van der Waals surface area contributed by atoms with Crippen LogP contribution in [-0.2, 0) is 5.54 Å².